The van der Waals surface area contributed by atoms with Crippen LogP contribution in [0, 0.1) is 11.8 Å². The molecule has 2 N–H and O–H groups in total. The number of halogens is 2. The minimum Gasteiger partial charge on any atom is -0.358 e. The fraction of sp³-hybridized carbons (Fsp3) is 0.421. The van der Waals surface area contributed by atoms with Crippen molar-refractivity contribution in [2.45, 2.75) is 26.8 Å². The zero-order valence-electron chi connectivity index (χ0n) is 15.4. The maximum Gasteiger partial charge on any atom is 0.232 e. The molecule has 1 saturated heterocycles. The summed E-state index contributed by atoms with van der Waals surface area (Å²) in [6, 6.07) is 9.40. The molecule has 3 rings (SSSR count). The van der Waals surface area contributed by atoms with Gasteiger partial charge in [-0.05, 0) is 48.2 Å². The Balaban J connectivity index is 1.63. The minimum absolute atomic E-state index is 0.397. The molecule has 1 fully saturated rings. The number of rotatable bonds is 4. The molecule has 144 valence electrons. The first-order chi connectivity index (χ1) is 12.9. The third-order valence-electron chi connectivity index (χ3n) is 4.47. The molecule has 1 aliphatic heterocycles. The van der Waals surface area contributed by atoms with Gasteiger partial charge in [-0.15, -0.1) is 0 Å². The van der Waals surface area contributed by atoms with Crippen LogP contribution in [0.2, 0.25) is 10.2 Å². The first-order valence-electron chi connectivity index (χ1n) is 8.98. The Hall–Kier alpha value is -1.63. The molecule has 2 aromatic rings. The van der Waals surface area contributed by atoms with Crippen LogP contribution in [0.25, 0.3) is 0 Å². The summed E-state index contributed by atoms with van der Waals surface area (Å²) in [5.74, 6) is 2.48. The Labute approximate surface area is 175 Å². The molecule has 2 heterocycles. The highest BCUT2D eigenvalue weighted by Crippen LogP contribution is 2.27. The van der Waals surface area contributed by atoms with Crippen LogP contribution in [-0.2, 0) is 6.54 Å². The molecular formula is C19H23Cl2N5S. The van der Waals surface area contributed by atoms with Gasteiger partial charge in [-0.25, -0.2) is 4.98 Å². The fourth-order valence-electron chi connectivity index (χ4n) is 3.40. The van der Waals surface area contributed by atoms with E-state index in [0.29, 0.717) is 39.6 Å². The monoisotopic (exact) mass is 423 g/mol. The third kappa shape index (κ3) is 5.92. The van der Waals surface area contributed by atoms with Crippen molar-refractivity contribution in [1.82, 2.24) is 15.3 Å². The fourth-order valence-corrected chi connectivity index (χ4v) is 3.87. The van der Waals surface area contributed by atoms with Crippen molar-refractivity contribution in [1.29, 1.82) is 0 Å². The van der Waals surface area contributed by atoms with E-state index in [1.807, 2.05) is 30.3 Å². The number of nitrogens with one attached hydrogen (secondary N) is 2. The summed E-state index contributed by atoms with van der Waals surface area (Å²) < 4.78 is 0. The van der Waals surface area contributed by atoms with E-state index < -0.39 is 0 Å². The molecule has 8 heteroatoms. The Bertz CT molecular complexity index is 789. The first-order valence-corrected chi connectivity index (χ1v) is 10.1. The van der Waals surface area contributed by atoms with Gasteiger partial charge in [0, 0.05) is 30.7 Å². The van der Waals surface area contributed by atoms with E-state index in [2.05, 4.69) is 39.3 Å². The molecule has 2 unspecified atom stereocenters. The minimum atomic E-state index is 0.397. The van der Waals surface area contributed by atoms with Gasteiger partial charge in [0.05, 0.1) is 0 Å². The topological polar surface area (TPSA) is 53.1 Å². The smallest absolute Gasteiger partial charge is 0.232 e. The highest BCUT2D eigenvalue weighted by atomic mass is 35.5. The third-order valence-corrected chi connectivity index (χ3v) is 5.16. The molecule has 0 amide bonds. The van der Waals surface area contributed by atoms with Crippen LogP contribution in [0.4, 0.5) is 11.8 Å². The van der Waals surface area contributed by atoms with Crippen molar-refractivity contribution in [3.63, 3.8) is 0 Å². The van der Waals surface area contributed by atoms with Crippen molar-refractivity contribution in [2.75, 3.05) is 23.3 Å². The first kappa shape index (κ1) is 20.1. The van der Waals surface area contributed by atoms with Gasteiger partial charge in [-0.3, -0.25) is 0 Å². The van der Waals surface area contributed by atoms with Crippen LogP contribution >= 0.6 is 35.4 Å². The molecule has 1 aromatic heterocycles. The van der Waals surface area contributed by atoms with Gasteiger partial charge < -0.3 is 15.5 Å². The summed E-state index contributed by atoms with van der Waals surface area (Å²) >= 11 is 17.5. The van der Waals surface area contributed by atoms with E-state index in [4.69, 9.17) is 35.4 Å². The maximum absolute atomic E-state index is 6.22. The van der Waals surface area contributed by atoms with Crippen molar-refractivity contribution in [3.8, 4) is 0 Å². The molecule has 0 radical (unpaired) electrons. The van der Waals surface area contributed by atoms with E-state index in [0.717, 1.165) is 24.5 Å². The van der Waals surface area contributed by atoms with Crippen molar-refractivity contribution >= 4 is 52.3 Å². The van der Waals surface area contributed by atoms with Crippen LogP contribution in [0.15, 0.2) is 30.3 Å². The Kier molecular flexibility index (Phi) is 6.73. The number of hydrogen-bond acceptors (Lipinski definition) is 4. The molecule has 2 atom stereocenters. The summed E-state index contributed by atoms with van der Waals surface area (Å²) in [5, 5.41) is 7.72. The van der Waals surface area contributed by atoms with Gasteiger partial charge in [0.25, 0.3) is 0 Å². The van der Waals surface area contributed by atoms with E-state index in [1.54, 1.807) is 0 Å². The zero-order valence-corrected chi connectivity index (χ0v) is 17.7. The predicted molar refractivity (Wildman–Crippen MR) is 117 cm³/mol. The quantitative estimate of drug-likeness (QED) is 0.546. The van der Waals surface area contributed by atoms with Crippen LogP contribution in [0.3, 0.4) is 0 Å². The molecule has 0 aliphatic carbocycles. The number of piperidine rings is 1. The average molecular weight is 424 g/mol. The highest BCUT2D eigenvalue weighted by molar-refractivity contribution is 7.80. The number of hydrogen-bond donors (Lipinski definition) is 2. The largest absolute Gasteiger partial charge is 0.358 e. The second-order valence-electron chi connectivity index (χ2n) is 7.16. The lowest BCUT2D eigenvalue weighted by Crippen LogP contribution is -2.39. The zero-order chi connectivity index (χ0) is 19.4. The van der Waals surface area contributed by atoms with Gasteiger partial charge in [-0.1, -0.05) is 49.2 Å². The molecular weight excluding hydrogens is 401 g/mol. The summed E-state index contributed by atoms with van der Waals surface area (Å²) in [7, 11) is 0. The number of nitrogens with zero attached hydrogens (tertiary/aromatic N) is 3. The number of thiocarbonyl (C=S) groups is 1. The Morgan fingerprint density at radius 2 is 1.81 bits per heavy atom. The second-order valence-corrected chi connectivity index (χ2v) is 8.39. The standard InChI is InChI=1S/C19H23Cl2N5S/c1-12-7-13(2)11-26(10-12)17-8-16(21)23-18(24-17)25-19(27)22-9-14-3-5-15(20)6-4-14/h3-6,8,12-13H,7,9-11H2,1-2H3,(H2,22,23,24,25,27). The lowest BCUT2D eigenvalue weighted by atomic mass is 9.92. The molecule has 1 aromatic carbocycles. The van der Waals surface area contributed by atoms with E-state index in [1.165, 1.54) is 6.42 Å². The highest BCUT2D eigenvalue weighted by Gasteiger charge is 2.23. The number of benzene rings is 1. The second kappa shape index (κ2) is 9.04. The lowest BCUT2D eigenvalue weighted by Gasteiger charge is -2.35. The molecule has 0 spiro atoms. The van der Waals surface area contributed by atoms with E-state index >= 15 is 0 Å². The molecule has 1 aliphatic rings. The van der Waals surface area contributed by atoms with Crippen LogP contribution < -0.4 is 15.5 Å². The van der Waals surface area contributed by atoms with Gasteiger partial charge in [0.1, 0.15) is 11.0 Å². The van der Waals surface area contributed by atoms with Gasteiger partial charge in [0.2, 0.25) is 5.95 Å². The van der Waals surface area contributed by atoms with Crippen LogP contribution in [0.1, 0.15) is 25.8 Å². The predicted octanol–water partition coefficient (Wildman–Crippen LogP) is 4.75. The summed E-state index contributed by atoms with van der Waals surface area (Å²) in [5.41, 5.74) is 1.08. The normalized spacial score (nSPS) is 19.6. The van der Waals surface area contributed by atoms with Crippen molar-refractivity contribution < 1.29 is 0 Å². The molecule has 0 saturated carbocycles. The number of aromatic nitrogens is 2. The molecule has 27 heavy (non-hydrogen) atoms. The Morgan fingerprint density at radius 1 is 1.15 bits per heavy atom. The SMILES string of the molecule is CC1CC(C)CN(c2cc(Cl)nc(NC(=S)NCc3ccc(Cl)cc3)n2)C1. The van der Waals surface area contributed by atoms with Gasteiger partial charge >= 0.3 is 0 Å². The summed E-state index contributed by atoms with van der Waals surface area (Å²) in [6.45, 7) is 7.05. The van der Waals surface area contributed by atoms with Crippen molar-refractivity contribution in [2.24, 2.45) is 11.8 Å². The number of anilines is 2. The van der Waals surface area contributed by atoms with Crippen LogP contribution in [0.5, 0.6) is 0 Å². The molecule has 0 bridgehead atoms. The van der Waals surface area contributed by atoms with Crippen LogP contribution in [-0.4, -0.2) is 28.2 Å². The van der Waals surface area contributed by atoms with Crippen molar-refractivity contribution in [3.05, 3.63) is 46.1 Å². The van der Waals surface area contributed by atoms with Gasteiger partial charge in [-0.2, -0.15) is 4.98 Å². The van der Waals surface area contributed by atoms with E-state index in [-0.39, 0.29) is 0 Å². The van der Waals surface area contributed by atoms with Gasteiger partial charge in [0.15, 0.2) is 5.11 Å². The average Bonchev–Trinajstić information content (AvgIpc) is 2.60. The molecule has 5 nitrogen and oxygen atoms in total. The maximum atomic E-state index is 6.22. The summed E-state index contributed by atoms with van der Waals surface area (Å²) in [4.78, 5) is 11.1. The Morgan fingerprint density at radius 3 is 2.48 bits per heavy atom. The summed E-state index contributed by atoms with van der Waals surface area (Å²) in [6.07, 6.45) is 1.24. The van der Waals surface area contributed by atoms with E-state index in [9.17, 15) is 0 Å². The lowest BCUT2D eigenvalue weighted by molar-refractivity contribution is 0.355.